The van der Waals surface area contributed by atoms with Gasteiger partial charge in [-0.05, 0) is 28.4 Å². The Bertz CT molecular complexity index is 669. The molecule has 0 aliphatic carbocycles. The number of benzene rings is 1. The van der Waals surface area contributed by atoms with Crippen LogP contribution < -0.4 is 11.1 Å². The van der Waals surface area contributed by atoms with Gasteiger partial charge in [-0.2, -0.15) is 0 Å². The normalized spacial score (nSPS) is 19.1. The lowest BCUT2D eigenvalue weighted by molar-refractivity contribution is -0.119. The predicted octanol–water partition coefficient (Wildman–Crippen LogP) is 1.80. The van der Waals surface area contributed by atoms with Gasteiger partial charge in [0.1, 0.15) is 5.82 Å². The second-order valence-corrected chi connectivity index (χ2v) is 5.49. The predicted molar refractivity (Wildman–Crippen MR) is 73.0 cm³/mol. The molecule has 1 aliphatic rings. The SMILES string of the molecule is Nc1nc2cc(Br)c(F)cc2n1CC1CCC(=O)N1. The fourth-order valence-corrected chi connectivity index (χ4v) is 2.70. The number of nitrogens with two attached hydrogens (primary N) is 1. The maximum atomic E-state index is 13.6. The van der Waals surface area contributed by atoms with E-state index in [1.54, 1.807) is 10.6 Å². The first-order chi connectivity index (χ1) is 9.04. The maximum absolute atomic E-state index is 13.6. The molecule has 19 heavy (non-hydrogen) atoms. The van der Waals surface area contributed by atoms with Crippen LogP contribution in [0.1, 0.15) is 12.8 Å². The zero-order chi connectivity index (χ0) is 13.6. The van der Waals surface area contributed by atoms with Gasteiger partial charge in [0.25, 0.3) is 0 Å². The van der Waals surface area contributed by atoms with E-state index in [0.29, 0.717) is 34.4 Å². The Morgan fingerprint density at radius 2 is 2.37 bits per heavy atom. The molecule has 1 unspecified atom stereocenters. The molecule has 7 heteroatoms. The number of carbonyl (C=O) groups is 1. The van der Waals surface area contributed by atoms with Gasteiger partial charge in [-0.25, -0.2) is 9.37 Å². The van der Waals surface area contributed by atoms with Crippen LogP contribution in [0.15, 0.2) is 16.6 Å². The summed E-state index contributed by atoms with van der Waals surface area (Å²) in [4.78, 5) is 15.4. The summed E-state index contributed by atoms with van der Waals surface area (Å²) in [6.45, 7) is 0.509. The maximum Gasteiger partial charge on any atom is 0.220 e. The molecule has 3 rings (SSSR count). The van der Waals surface area contributed by atoms with Crippen molar-refractivity contribution < 1.29 is 9.18 Å². The van der Waals surface area contributed by atoms with Crippen LogP contribution >= 0.6 is 15.9 Å². The summed E-state index contributed by atoms with van der Waals surface area (Å²) >= 11 is 3.12. The number of nitrogens with one attached hydrogen (secondary N) is 1. The molecule has 3 N–H and O–H groups in total. The average molecular weight is 327 g/mol. The van der Waals surface area contributed by atoms with Crippen molar-refractivity contribution in [3.63, 3.8) is 0 Å². The number of amides is 1. The Morgan fingerprint density at radius 3 is 3.05 bits per heavy atom. The summed E-state index contributed by atoms with van der Waals surface area (Å²) in [5, 5.41) is 2.86. The highest BCUT2D eigenvalue weighted by atomic mass is 79.9. The highest BCUT2D eigenvalue weighted by Gasteiger charge is 2.23. The van der Waals surface area contributed by atoms with E-state index < -0.39 is 0 Å². The fraction of sp³-hybridized carbons (Fsp3) is 0.333. The Labute approximate surface area is 117 Å². The zero-order valence-electron chi connectivity index (χ0n) is 9.99. The van der Waals surface area contributed by atoms with Gasteiger partial charge in [-0.1, -0.05) is 0 Å². The van der Waals surface area contributed by atoms with Gasteiger partial charge >= 0.3 is 0 Å². The molecule has 1 aliphatic heterocycles. The van der Waals surface area contributed by atoms with Crippen molar-refractivity contribution in [3.8, 4) is 0 Å². The number of carbonyl (C=O) groups excluding carboxylic acids is 1. The second-order valence-electron chi connectivity index (χ2n) is 4.64. The molecule has 1 amide bonds. The first kappa shape index (κ1) is 12.4. The number of rotatable bonds is 2. The number of hydrogen-bond donors (Lipinski definition) is 2. The van der Waals surface area contributed by atoms with Crippen molar-refractivity contribution in [2.45, 2.75) is 25.4 Å². The summed E-state index contributed by atoms with van der Waals surface area (Å²) in [6.07, 6.45) is 1.29. The molecule has 1 fully saturated rings. The number of nitrogen functional groups attached to an aromatic ring is 1. The van der Waals surface area contributed by atoms with E-state index in [1.165, 1.54) is 6.07 Å². The topological polar surface area (TPSA) is 72.9 Å². The van der Waals surface area contributed by atoms with Gasteiger partial charge in [-0.3, -0.25) is 4.79 Å². The molecule has 1 atom stereocenters. The quantitative estimate of drug-likeness (QED) is 0.883. The third kappa shape index (κ3) is 2.18. The average Bonchev–Trinajstić information content (AvgIpc) is 2.87. The van der Waals surface area contributed by atoms with Crippen molar-refractivity contribution in [1.82, 2.24) is 14.9 Å². The molecular formula is C12H12BrFN4O. The largest absolute Gasteiger partial charge is 0.369 e. The number of aromatic nitrogens is 2. The van der Waals surface area contributed by atoms with Crippen LogP contribution in [0.2, 0.25) is 0 Å². The van der Waals surface area contributed by atoms with E-state index >= 15 is 0 Å². The Balaban J connectivity index is 2.00. The lowest BCUT2D eigenvalue weighted by Gasteiger charge is -2.12. The van der Waals surface area contributed by atoms with Crippen LogP contribution in [0.25, 0.3) is 11.0 Å². The molecule has 1 aromatic heterocycles. The van der Waals surface area contributed by atoms with Crippen LogP contribution in [0.3, 0.4) is 0 Å². The third-order valence-corrected chi connectivity index (χ3v) is 3.92. The van der Waals surface area contributed by atoms with Crippen molar-refractivity contribution in [1.29, 1.82) is 0 Å². The Kier molecular flexibility index (Phi) is 2.93. The molecule has 100 valence electrons. The van der Waals surface area contributed by atoms with Crippen molar-refractivity contribution >= 4 is 38.8 Å². The first-order valence-electron chi connectivity index (χ1n) is 5.94. The molecule has 1 aromatic carbocycles. The summed E-state index contributed by atoms with van der Waals surface area (Å²) in [5.41, 5.74) is 7.14. The molecule has 0 saturated carbocycles. The van der Waals surface area contributed by atoms with E-state index in [9.17, 15) is 9.18 Å². The van der Waals surface area contributed by atoms with Crippen molar-refractivity contribution in [2.24, 2.45) is 0 Å². The minimum atomic E-state index is -0.357. The zero-order valence-corrected chi connectivity index (χ0v) is 11.6. The molecule has 2 aromatic rings. The molecule has 2 heterocycles. The summed E-state index contributed by atoms with van der Waals surface area (Å²) in [6, 6.07) is 3.03. The van der Waals surface area contributed by atoms with E-state index in [2.05, 4.69) is 26.2 Å². The molecule has 0 bridgehead atoms. The first-order valence-corrected chi connectivity index (χ1v) is 6.74. The highest BCUT2D eigenvalue weighted by Crippen LogP contribution is 2.25. The fourth-order valence-electron chi connectivity index (χ4n) is 2.37. The number of hydrogen-bond acceptors (Lipinski definition) is 3. The standard InChI is InChI=1S/C12H12BrFN4O/c13-7-3-9-10(4-8(7)14)18(12(15)17-9)5-6-1-2-11(19)16-6/h3-4,6H,1-2,5H2,(H2,15,17)(H,16,19). The van der Waals surface area contributed by atoms with Gasteiger partial charge in [-0.15, -0.1) is 0 Å². The van der Waals surface area contributed by atoms with Gasteiger partial charge in [0, 0.05) is 25.1 Å². The van der Waals surface area contributed by atoms with E-state index in [0.717, 1.165) is 6.42 Å². The van der Waals surface area contributed by atoms with Gasteiger partial charge in [0.05, 0.1) is 15.5 Å². The number of imidazole rings is 1. The van der Waals surface area contributed by atoms with Crippen LogP contribution in [0, 0.1) is 5.82 Å². The van der Waals surface area contributed by atoms with Crippen molar-refractivity contribution in [2.75, 3.05) is 5.73 Å². The molecule has 0 radical (unpaired) electrons. The molecule has 0 spiro atoms. The van der Waals surface area contributed by atoms with Gasteiger partial charge in [0.2, 0.25) is 11.9 Å². The van der Waals surface area contributed by atoms with Gasteiger partial charge in [0.15, 0.2) is 0 Å². The van der Waals surface area contributed by atoms with Gasteiger partial charge < -0.3 is 15.6 Å². The molecular weight excluding hydrogens is 315 g/mol. The third-order valence-electron chi connectivity index (χ3n) is 3.31. The number of nitrogens with zero attached hydrogens (tertiary/aromatic N) is 2. The lowest BCUT2D eigenvalue weighted by atomic mass is 10.2. The van der Waals surface area contributed by atoms with Crippen LogP contribution in [-0.2, 0) is 11.3 Å². The van der Waals surface area contributed by atoms with E-state index in [1.807, 2.05) is 0 Å². The monoisotopic (exact) mass is 326 g/mol. The lowest BCUT2D eigenvalue weighted by Crippen LogP contribution is -2.29. The minimum Gasteiger partial charge on any atom is -0.369 e. The number of fused-ring (bicyclic) bond motifs is 1. The van der Waals surface area contributed by atoms with E-state index in [-0.39, 0.29) is 17.8 Å². The Morgan fingerprint density at radius 1 is 1.58 bits per heavy atom. The second kappa shape index (κ2) is 4.48. The molecule has 1 saturated heterocycles. The number of halogens is 2. The summed E-state index contributed by atoms with van der Waals surface area (Å²) < 4.78 is 15.7. The molecule has 5 nitrogen and oxygen atoms in total. The van der Waals surface area contributed by atoms with Crippen molar-refractivity contribution in [3.05, 3.63) is 22.4 Å². The number of anilines is 1. The minimum absolute atomic E-state index is 0.0268. The van der Waals surface area contributed by atoms with Crippen LogP contribution in [-0.4, -0.2) is 21.5 Å². The summed E-state index contributed by atoms with van der Waals surface area (Å²) in [7, 11) is 0. The smallest absolute Gasteiger partial charge is 0.220 e. The summed E-state index contributed by atoms with van der Waals surface area (Å²) in [5.74, 6) is 0.0136. The van der Waals surface area contributed by atoms with E-state index in [4.69, 9.17) is 5.73 Å². The Hall–Kier alpha value is -1.63. The highest BCUT2D eigenvalue weighted by molar-refractivity contribution is 9.10. The van der Waals surface area contributed by atoms with Crippen LogP contribution in [0.5, 0.6) is 0 Å². The van der Waals surface area contributed by atoms with Crippen LogP contribution in [0.4, 0.5) is 10.3 Å².